The number of anilines is 1. The number of aromatic nitrogens is 1. The second kappa shape index (κ2) is 10.8. The third-order valence-electron chi connectivity index (χ3n) is 7.88. The molecule has 6 rings (SSSR count). The van der Waals surface area contributed by atoms with Gasteiger partial charge in [-0.15, -0.1) is 11.3 Å². The van der Waals surface area contributed by atoms with E-state index in [2.05, 4.69) is 46.5 Å². The average Bonchev–Trinajstić information content (AvgIpc) is 3.59. The van der Waals surface area contributed by atoms with Crippen LogP contribution in [0.1, 0.15) is 51.8 Å². The number of nitrogens with one attached hydrogen (secondary N) is 1. The molecule has 40 heavy (non-hydrogen) atoms. The Labute approximate surface area is 235 Å². The zero-order valence-corrected chi connectivity index (χ0v) is 22.8. The van der Waals surface area contributed by atoms with Crippen molar-refractivity contribution in [1.29, 1.82) is 0 Å². The van der Waals surface area contributed by atoms with Gasteiger partial charge in [-0.05, 0) is 85.4 Å². The first-order valence-corrected chi connectivity index (χ1v) is 14.2. The van der Waals surface area contributed by atoms with Gasteiger partial charge in [0.1, 0.15) is 17.6 Å². The third kappa shape index (κ3) is 5.10. The summed E-state index contributed by atoms with van der Waals surface area (Å²) in [5.74, 6) is -1.26. The Hall–Kier alpha value is -4.08. The SMILES string of the molecule is CN1CCC(c2ccc(-c3ccc4c(c3)C(=O)N(C(C(=O)Nc3nccs3)c3cc(F)ccc3O)C4)cc2)CC1. The molecule has 0 aliphatic carbocycles. The lowest BCUT2D eigenvalue weighted by Gasteiger charge is -2.29. The zero-order valence-electron chi connectivity index (χ0n) is 22.0. The van der Waals surface area contributed by atoms with Crippen LogP contribution in [0.3, 0.4) is 0 Å². The second-order valence-corrected chi connectivity index (χ2v) is 11.3. The second-order valence-electron chi connectivity index (χ2n) is 10.4. The number of phenols is 1. The number of likely N-dealkylation sites (tertiary alicyclic amines) is 1. The molecule has 0 spiro atoms. The Morgan fingerprint density at radius 1 is 1.07 bits per heavy atom. The molecule has 3 aromatic carbocycles. The molecule has 1 unspecified atom stereocenters. The van der Waals surface area contributed by atoms with Gasteiger partial charge in [-0.1, -0.05) is 36.4 Å². The van der Waals surface area contributed by atoms with Crippen LogP contribution < -0.4 is 5.32 Å². The van der Waals surface area contributed by atoms with Gasteiger partial charge >= 0.3 is 0 Å². The molecule has 1 aromatic heterocycles. The lowest BCUT2D eigenvalue weighted by Crippen LogP contribution is -2.37. The fourth-order valence-electron chi connectivity index (χ4n) is 5.66. The molecule has 1 saturated heterocycles. The molecule has 1 atom stereocenters. The Balaban J connectivity index is 1.28. The zero-order chi connectivity index (χ0) is 27.8. The molecule has 1 fully saturated rings. The van der Waals surface area contributed by atoms with Gasteiger partial charge < -0.3 is 14.9 Å². The van der Waals surface area contributed by atoms with E-state index in [4.69, 9.17) is 0 Å². The molecule has 2 N–H and O–H groups in total. The highest BCUT2D eigenvalue weighted by molar-refractivity contribution is 7.13. The van der Waals surface area contributed by atoms with Gasteiger partial charge in [-0.3, -0.25) is 14.9 Å². The number of thiazole rings is 1. The fourth-order valence-corrected chi connectivity index (χ4v) is 6.19. The van der Waals surface area contributed by atoms with E-state index in [1.807, 2.05) is 18.2 Å². The first kappa shape index (κ1) is 26.2. The van der Waals surface area contributed by atoms with Gasteiger partial charge in [0.2, 0.25) is 0 Å². The highest BCUT2D eigenvalue weighted by Gasteiger charge is 2.39. The topological polar surface area (TPSA) is 85.8 Å². The average molecular weight is 557 g/mol. The van der Waals surface area contributed by atoms with E-state index < -0.39 is 17.8 Å². The van der Waals surface area contributed by atoms with Gasteiger partial charge in [0.15, 0.2) is 5.13 Å². The van der Waals surface area contributed by atoms with Crippen molar-refractivity contribution in [3.8, 4) is 16.9 Å². The summed E-state index contributed by atoms with van der Waals surface area (Å²) in [6.45, 7) is 2.35. The third-order valence-corrected chi connectivity index (χ3v) is 8.57. The minimum atomic E-state index is -1.25. The van der Waals surface area contributed by atoms with Crippen molar-refractivity contribution in [2.24, 2.45) is 0 Å². The molecule has 7 nitrogen and oxygen atoms in total. The van der Waals surface area contributed by atoms with Gasteiger partial charge in [0.05, 0.1) is 0 Å². The molecule has 2 aliphatic heterocycles. The molecular formula is C31H29FN4O3S. The largest absolute Gasteiger partial charge is 0.508 e. The number of carbonyl (C=O) groups is 2. The molecule has 4 aromatic rings. The number of halogens is 1. The first-order valence-electron chi connectivity index (χ1n) is 13.3. The summed E-state index contributed by atoms with van der Waals surface area (Å²) >= 11 is 1.23. The predicted molar refractivity (Wildman–Crippen MR) is 153 cm³/mol. The lowest BCUT2D eigenvalue weighted by molar-refractivity contribution is -0.120. The van der Waals surface area contributed by atoms with Crippen LogP contribution in [0.5, 0.6) is 5.75 Å². The summed E-state index contributed by atoms with van der Waals surface area (Å²) in [7, 11) is 2.16. The van der Waals surface area contributed by atoms with Crippen molar-refractivity contribution >= 4 is 28.3 Å². The molecule has 0 saturated carbocycles. The first-order chi connectivity index (χ1) is 19.4. The molecule has 0 bridgehead atoms. The number of aromatic hydroxyl groups is 1. The van der Waals surface area contributed by atoms with E-state index in [0.717, 1.165) is 54.8 Å². The number of piperidine rings is 1. The Kier molecular flexibility index (Phi) is 7.08. The number of carbonyl (C=O) groups excluding carboxylic acids is 2. The van der Waals surface area contributed by atoms with E-state index in [9.17, 15) is 19.1 Å². The van der Waals surface area contributed by atoms with Gasteiger partial charge in [-0.2, -0.15) is 0 Å². The van der Waals surface area contributed by atoms with E-state index in [-0.39, 0.29) is 23.8 Å². The number of benzene rings is 3. The molecular weight excluding hydrogens is 527 g/mol. The molecule has 204 valence electrons. The van der Waals surface area contributed by atoms with Crippen LogP contribution in [0.4, 0.5) is 9.52 Å². The van der Waals surface area contributed by atoms with Crippen LogP contribution in [0.2, 0.25) is 0 Å². The Morgan fingerprint density at radius 2 is 1.82 bits per heavy atom. The van der Waals surface area contributed by atoms with Crippen LogP contribution in [0.25, 0.3) is 11.1 Å². The highest BCUT2D eigenvalue weighted by atomic mass is 32.1. The number of phenolic OH excluding ortho intramolecular Hbond substituents is 1. The standard InChI is InChI=1S/C31H29FN4O3S/c1-35-13-10-21(11-14-35)19-2-4-20(5-3-19)22-6-7-23-18-36(30(39)25(23)16-22)28(26-17-24(32)8-9-27(26)37)29(38)34-31-33-12-15-40-31/h2-9,12,15-17,21,28,37H,10-11,13-14,18H2,1H3,(H,33,34,38). The van der Waals surface area contributed by atoms with Crippen molar-refractivity contribution < 1.29 is 19.1 Å². The van der Waals surface area contributed by atoms with Gasteiger partial charge in [-0.25, -0.2) is 9.37 Å². The van der Waals surface area contributed by atoms with Crippen molar-refractivity contribution in [1.82, 2.24) is 14.8 Å². The highest BCUT2D eigenvalue weighted by Crippen LogP contribution is 2.38. The van der Waals surface area contributed by atoms with E-state index >= 15 is 0 Å². The minimum Gasteiger partial charge on any atom is -0.508 e. The molecule has 2 aliphatic rings. The molecule has 3 heterocycles. The summed E-state index contributed by atoms with van der Waals surface area (Å²) in [5, 5.41) is 15.3. The smallest absolute Gasteiger partial charge is 0.255 e. The molecule has 2 amide bonds. The van der Waals surface area contributed by atoms with E-state index in [1.165, 1.54) is 27.9 Å². The Morgan fingerprint density at radius 3 is 2.55 bits per heavy atom. The minimum absolute atomic E-state index is 0.0138. The Bertz CT molecular complexity index is 1550. The number of hydrogen-bond donors (Lipinski definition) is 2. The maximum absolute atomic E-state index is 14.2. The van der Waals surface area contributed by atoms with Crippen LogP contribution in [-0.2, 0) is 11.3 Å². The summed E-state index contributed by atoms with van der Waals surface area (Å²) in [5.41, 5.74) is 4.51. The number of fused-ring (bicyclic) bond motifs is 1. The van der Waals surface area contributed by atoms with Crippen molar-refractivity contribution in [3.63, 3.8) is 0 Å². The van der Waals surface area contributed by atoms with Crippen molar-refractivity contribution in [2.45, 2.75) is 31.3 Å². The number of nitrogens with zero attached hydrogens (tertiary/aromatic N) is 3. The molecule has 9 heteroatoms. The van der Waals surface area contributed by atoms with Gasteiger partial charge in [0, 0.05) is 29.2 Å². The van der Waals surface area contributed by atoms with E-state index in [0.29, 0.717) is 16.6 Å². The molecule has 0 radical (unpaired) electrons. The van der Waals surface area contributed by atoms with Crippen LogP contribution in [0, 0.1) is 5.82 Å². The predicted octanol–water partition coefficient (Wildman–Crippen LogP) is 5.80. The lowest BCUT2D eigenvalue weighted by atomic mass is 9.88. The number of hydrogen-bond acceptors (Lipinski definition) is 6. The van der Waals surface area contributed by atoms with Crippen molar-refractivity contribution in [2.75, 3.05) is 25.5 Å². The van der Waals surface area contributed by atoms with Crippen LogP contribution in [-0.4, -0.2) is 51.8 Å². The summed E-state index contributed by atoms with van der Waals surface area (Å²) in [6.07, 6.45) is 3.85. The number of rotatable bonds is 6. The number of amides is 2. The summed E-state index contributed by atoms with van der Waals surface area (Å²) in [6, 6.07) is 16.4. The van der Waals surface area contributed by atoms with E-state index in [1.54, 1.807) is 11.6 Å². The monoisotopic (exact) mass is 556 g/mol. The maximum Gasteiger partial charge on any atom is 0.255 e. The van der Waals surface area contributed by atoms with Crippen LogP contribution >= 0.6 is 11.3 Å². The van der Waals surface area contributed by atoms with Gasteiger partial charge in [0.25, 0.3) is 11.8 Å². The quantitative estimate of drug-likeness (QED) is 0.314. The van der Waals surface area contributed by atoms with Crippen LogP contribution in [0.15, 0.2) is 72.2 Å². The summed E-state index contributed by atoms with van der Waals surface area (Å²) in [4.78, 5) is 35.0. The fraction of sp³-hybridized carbons (Fsp3) is 0.258. The summed E-state index contributed by atoms with van der Waals surface area (Å²) < 4.78 is 14.2. The van der Waals surface area contributed by atoms with Crippen molar-refractivity contribution in [3.05, 3.63) is 100 Å². The normalized spacial score (nSPS) is 16.6. The maximum atomic E-state index is 14.2.